The van der Waals surface area contributed by atoms with Gasteiger partial charge in [-0.3, -0.25) is 4.79 Å². The van der Waals surface area contributed by atoms with Crippen LogP contribution in [0.15, 0.2) is 102 Å². The van der Waals surface area contributed by atoms with Crippen LogP contribution in [0.5, 0.6) is 0 Å². The molecule has 1 saturated carbocycles. The summed E-state index contributed by atoms with van der Waals surface area (Å²) in [5.74, 6) is 0.647. The average molecular weight is 526 g/mol. The van der Waals surface area contributed by atoms with Crippen LogP contribution in [0.1, 0.15) is 36.8 Å². The van der Waals surface area contributed by atoms with Gasteiger partial charge in [0, 0.05) is 17.7 Å². The Morgan fingerprint density at radius 2 is 1.54 bits per heavy atom. The molecule has 3 aromatic carbocycles. The molecule has 0 spiro atoms. The fourth-order valence-electron chi connectivity index (χ4n) is 4.84. The van der Waals surface area contributed by atoms with Crippen molar-refractivity contribution in [2.45, 2.75) is 31.6 Å². The van der Waals surface area contributed by atoms with Crippen molar-refractivity contribution in [3.05, 3.63) is 120 Å². The number of aromatic nitrogens is 2. The first-order valence-corrected chi connectivity index (χ1v) is 12.7. The third-order valence-corrected chi connectivity index (χ3v) is 7.23. The molecule has 1 aliphatic rings. The van der Waals surface area contributed by atoms with E-state index in [1.54, 1.807) is 0 Å². The van der Waals surface area contributed by atoms with E-state index in [-0.39, 0.29) is 31.0 Å². The predicted octanol–water partition coefficient (Wildman–Crippen LogP) is 4.28. The molecule has 0 saturated heterocycles. The van der Waals surface area contributed by atoms with Gasteiger partial charge in [0.1, 0.15) is 17.2 Å². The van der Waals surface area contributed by atoms with Gasteiger partial charge in [0.05, 0.1) is 5.41 Å². The van der Waals surface area contributed by atoms with Gasteiger partial charge in [-0.05, 0) is 54.2 Å². The topological polar surface area (TPSA) is 88.2 Å². The smallest absolute Gasteiger partial charge is 1.00 e. The molecule has 2 N–H and O–H groups in total. The number of anilines is 2. The van der Waals surface area contributed by atoms with Crippen LogP contribution >= 0.6 is 0 Å². The number of aryl methyl sites for hydroxylation is 1. The Balaban J connectivity index is 0.00000185. The number of carbonyl (C=O) groups is 1. The van der Waals surface area contributed by atoms with E-state index >= 15 is 0 Å². The van der Waals surface area contributed by atoms with Crippen molar-refractivity contribution >= 4 is 17.5 Å². The molecular weight excluding hydrogens is 497 g/mol. The second-order valence-electron chi connectivity index (χ2n) is 9.82. The first-order chi connectivity index (χ1) is 18.5. The van der Waals surface area contributed by atoms with E-state index in [9.17, 15) is 9.90 Å². The minimum absolute atomic E-state index is 0. The Morgan fingerprint density at radius 1 is 0.897 bits per heavy atom. The van der Waals surface area contributed by atoms with Crippen LogP contribution in [0.25, 0.3) is 22.5 Å². The molecular formula is C32H28N3NaO3. The van der Waals surface area contributed by atoms with Crippen molar-refractivity contribution < 1.29 is 45.4 Å². The largest absolute Gasteiger partial charge is 1.00 e. The molecule has 6 rings (SSSR count). The van der Waals surface area contributed by atoms with Crippen LogP contribution in [0, 0.1) is 6.92 Å². The molecule has 0 unspecified atom stereocenters. The summed E-state index contributed by atoms with van der Waals surface area (Å²) in [6.45, 7) is 1.91. The second-order valence-corrected chi connectivity index (χ2v) is 9.82. The third-order valence-electron chi connectivity index (χ3n) is 7.23. The Hall–Kier alpha value is -3.71. The SMILES string of the molecule is Cc1noc(-c2ccc(-c3ccc(C4(C(=O)O)CC4)cc3)cc2)c1Nc1cccc(Cc2ccccc2)n1.[H-].[Na+]. The van der Waals surface area contributed by atoms with E-state index in [1.807, 2.05) is 91.9 Å². The number of aliphatic carboxylic acids is 1. The fraction of sp³-hybridized carbons (Fsp3) is 0.156. The second kappa shape index (κ2) is 11.2. The van der Waals surface area contributed by atoms with E-state index < -0.39 is 11.4 Å². The minimum Gasteiger partial charge on any atom is -1.00 e. The monoisotopic (exact) mass is 525 g/mol. The molecule has 39 heavy (non-hydrogen) atoms. The number of carboxylic acids is 1. The van der Waals surface area contributed by atoms with E-state index in [2.05, 4.69) is 22.6 Å². The van der Waals surface area contributed by atoms with Crippen molar-refractivity contribution in [2.75, 3.05) is 5.32 Å². The Bertz CT molecular complexity index is 1600. The number of carboxylic acid groups (broad SMARTS) is 1. The number of nitrogens with one attached hydrogen (secondary N) is 1. The number of pyridine rings is 1. The normalized spacial score (nSPS) is 13.4. The maximum Gasteiger partial charge on any atom is 1.00 e. The fourth-order valence-corrected chi connectivity index (χ4v) is 4.84. The van der Waals surface area contributed by atoms with Gasteiger partial charge in [0.25, 0.3) is 0 Å². The van der Waals surface area contributed by atoms with Crippen molar-refractivity contribution in [1.29, 1.82) is 0 Å². The first-order valence-electron chi connectivity index (χ1n) is 12.7. The summed E-state index contributed by atoms with van der Waals surface area (Å²) in [7, 11) is 0. The zero-order valence-corrected chi connectivity index (χ0v) is 24.0. The van der Waals surface area contributed by atoms with Crippen LogP contribution in [0.4, 0.5) is 11.5 Å². The molecule has 1 fully saturated rings. The Kier molecular flexibility index (Phi) is 7.71. The molecule has 7 heteroatoms. The van der Waals surface area contributed by atoms with E-state index in [4.69, 9.17) is 9.51 Å². The van der Waals surface area contributed by atoms with Crippen LogP contribution in [0.2, 0.25) is 0 Å². The quantitative estimate of drug-likeness (QED) is 0.294. The number of hydrogen-bond acceptors (Lipinski definition) is 5. The van der Waals surface area contributed by atoms with Gasteiger partial charge in [-0.25, -0.2) is 4.98 Å². The predicted molar refractivity (Wildman–Crippen MR) is 149 cm³/mol. The molecule has 1 aliphatic carbocycles. The summed E-state index contributed by atoms with van der Waals surface area (Å²) in [5.41, 5.74) is 6.89. The van der Waals surface area contributed by atoms with Crippen molar-refractivity contribution in [2.24, 2.45) is 0 Å². The summed E-state index contributed by atoms with van der Waals surface area (Å²) in [6, 6.07) is 32.2. The number of hydrogen-bond donors (Lipinski definition) is 2. The average Bonchev–Trinajstić information content (AvgIpc) is 3.69. The van der Waals surface area contributed by atoms with Crippen LogP contribution in [-0.4, -0.2) is 21.2 Å². The summed E-state index contributed by atoms with van der Waals surface area (Å²) in [6.07, 6.45) is 2.16. The molecule has 0 amide bonds. The summed E-state index contributed by atoms with van der Waals surface area (Å²) >= 11 is 0. The summed E-state index contributed by atoms with van der Waals surface area (Å²) < 4.78 is 5.71. The van der Waals surface area contributed by atoms with Gasteiger partial charge in [0.2, 0.25) is 0 Å². The molecule has 0 radical (unpaired) electrons. The van der Waals surface area contributed by atoms with E-state index in [1.165, 1.54) is 5.56 Å². The summed E-state index contributed by atoms with van der Waals surface area (Å²) in [4.78, 5) is 16.4. The van der Waals surface area contributed by atoms with Crippen molar-refractivity contribution in [1.82, 2.24) is 10.1 Å². The maximum atomic E-state index is 11.6. The maximum absolute atomic E-state index is 11.6. The molecule has 2 aromatic heterocycles. The van der Waals surface area contributed by atoms with Gasteiger partial charge in [-0.2, -0.15) is 0 Å². The number of nitrogens with zero attached hydrogens (tertiary/aromatic N) is 2. The molecule has 190 valence electrons. The first kappa shape index (κ1) is 26.9. The third kappa shape index (κ3) is 5.55. The zero-order valence-electron chi connectivity index (χ0n) is 23.0. The standard InChI is InChI=1S/C32H27N3O3.Na.H/c1-21-29(34-28-9-5-8-27(33-28)20-22-6-3-2-4-7-22)30(38-35-21)25-12-10-23(11-13-25)24-14-16-26(17-15-24)32(18-19-32)31(36)37;;/h2-17H,18-20H2,1H3,(H,33,34)(H,36,37);;/q;+1;-1. The molecule has 0 atom stereocenters. The summed E-state index contributed by atoms with van der Waals surface area (Å²) in [5, 5.41) is 17.2. The molecule has 6 nitrogen and oxygen atoms in total. The number of rotatable bonds is 8. The molecule has 0 bridgehead atoms. The van der Waals surface area contributed by atoms with Crippen LogP contribution in [-0.2, 0) is 16.6 Å². The van der Waals surface area contributed by atoms with Crippen molar-refractivity contribution in [3.8, 4) is 22.5 Å². The van der Waals surface area contributed by atoms with Gasteiger partial charge in [0.15, 0.2) is 5.76 Å². The van der Waals surface area contributed by atoms with Gasteiger partial charge in [-0.15, -0.1) is 0 Å². The number of benzene rings is 3. The minimum atomic E-state index is -0.737. The van der Waals surface area contributed by atoms with Gasteiger partial charge in [-0.1, -0.05) is 90.1 Å². The molecule has 5 aromatic rings. The zero-order chi connectivity index (χ0) is 26.1. The van der Waals surface area contributed by atoms with Crippen LogP contribution < -0.4 is 34.9 Å². The Labute approximate surface area is 250 Å². The van der Waals surface area contributed by atoms with Crippen molar-refractivity contribution in [3.63, 3.8) is 0 Å². The Morgan fingerprint density at radius 3 is 2.18 bits per heavy atom. The van der Waals surface area contributed by atoms with Crippen LogP contribution in [0.3, 0.4) is 0 Å². The molecule has 2 heterocycles. The van der Waals surface area contributed by atoms with Gasteiger partial charge >= 0.3 is 35.5 Å². The van der Waals surface area contributed by atoms with Gasteiger partial charge < -0.3 is 16.4 Å². The molecule has 0 aliphatic heterocycles. The van der Waals surface area contributed by atoms with E-state index in [0.29, 0.717) is 18.6 Å². The van der Waals surface area contributed by atoms with E-state index in [0.717, 1.165) is 51.6 Å².